The quantitative estimate of drug-likeness (QED) is 0.357. The molecule has 1 N–H and O–H groups in total. The molecule has 0 aliphatic rings. The van der Waals surface area contributed by atoms with Gasteiger partial charge in [0.1, 0.15) is 0 Å². The van der Waals surface area contributed by atoms with Gasteiger partial charge in [0.05, 0.1) is 5.76 Å². The highest BCUT2D eigenvalue weighted by atomic mass is 31.0. The first-order valence-corrected chi connectivity index (χ1v) is 6.21. The van der Waals surface area contributed by atoms with Crippen LogP contribution in [0.5, 0.6) is 0 Å². The Bertz CT molecular complexity index is 132. The Kier molecular flexibility index (Phi) is 10.0. The van der Waals surface area contributed by atoms with Gasteiger partial charge in [0.2, 0.25) is 0 Å². The molecule has 0 saturated heterocycles. The van der Waals surface area contributed by atoms with E-state index in [1.54, 1.807) is 0 Å². The molecule has 1 unspecified atom stereocenters. The Balaban J connectivity index is 3.08. The minimum absolute atomic E-state index is 0.513. The van der Waals surface area contributed by atoms with Gasteiger partial charge in [-0.15, -0.1) is 9.24 Å². The smallest absolute Gasteiger partial charge is 0.0920 e. The van der Waals surface area contributed by atoms with Crippen LogP contribution in [-0.4, -0.2) is 11.3 Å². The summed E-state index contributed by atoms with van der Waals surface area (Å²) in [7, 11) is 2.52. The van der Waals surface area contributed by atoms with Gasteiger partial charge in [0, 0.05) is 6.16 Å². The van der Waals surface area contributed by atoms with E-state index in [2.05, 4.69) is 16.2 Å². The molecule has 2 heteroatoms. The lowest BCUT2D eigenvalue weighted by Gasteiger charge is -1.98. The molecular weight excluding hydrogens is 179 g/mol. The maximum absolute atomic E-state index is 9.14. The fraction of sp³-hybridized carbons (Fsp3) is 0.818. The first-order chi connectivity index (χ1) is 6.31. The van der Waals surface area contributed by atoms with Gasteiger partial charge in [-0.1, -0.05) is 39.0 Å². The van der Waals surface area contributed by atoms with Crippen molar-refractivity contribution in [2.45, 2.75) is 51.9 Å². The molecular formula is C11H23OP. The van der Waals surface area contributed by atoms with Crippen molar-refractivity contribution in [3.63, 3.8) is 0 Å². The Hall–Kier alpha value is -0.0300. The molecule has 0 aliphatic carbocycles. The normalized spacial score (nSPS) is 12.0. The lowest BCUT2D eigenvalue weighted by atomic mass is 10.1. The predicted octanol–water partition coefficient (Wildman–Crippen LogP) is 4.05. The highest BCUT2D eigenvalue weighted by Crippen LogP contribution is 2.08. The maximum atomic E-state index is 9.14. The van der Waals surface area contributed by atoms with Crippen molar-refractivity contribution in [3.8, 4) is 0 Å². The van der Waals surface area contributed by atoms with Crippen LogP contribution in [0.25, 0.3) is 0 Å². The van der Waals surface area contributed by atoms with Gasteiger partial charge in [0.25, 0.3) is 0 Å². The number of aliphatic hydroxyl groups is 1. The standard InChI is InChI=1S/C11H23OP/c1-2-3-4-5-6-7-8-9-11(12)10-13/h9,12H,2-8,10,13H2,1H3/b11-9+. The van der Waals surface area contributed by atoms with Crippen molar-refractivity contribution in [3.05, 3.63) is 11.8 Å². The Morgan fingerprint density at radius 1 is 1.15 bits per heavy atom. The van der Waals surface area contributed by atoms with Gasteiger partial charge in [0.15, 0.2) is 0 Å². The van der Waals surface area contributed by atoms with Crippen molar-refractivity contribution < 1.29 is 5.11 Å². The van der Waals surface area contributed by atoms with Gasteiger partial charge in [-0.25, -0.2) is 0 Å². The van der Waals surface area contributed by atoms with Crippen molar-refractivity contribution in [1.29, 1.82) is 0 Å². The van der Waals surface area contributed by atoms with Gasteiger partial charge in [-0.05, 0) is 18.9 Å². The summed E-state index contributed by atoms with van der Waals surface area (Å²) in [5, 5.41) is 9.14. The summed E-state index contributed by atoms with van der Waals surface area (Å²) >= 11 is 0. The molecule has 13 heavy (non-hydrogen) atoms. The zero-order valence-corrected chi connectivity index (χ0v) is 9.91. The number of rotatable bonds is 8. The van der Waals surface area contributed by atoms with Crippen LogP contribution in [0.3, 0.4) is 0 Å². The molecule has 0 fully saturated rings. The topological polar surface area (TPSA) is 20.2 Å². The molecule has 1 nitrogen and oxygen atoms in total. The molecule has 0 aliphatic heterocycles. The second kappa shape index (κ2) is 10.1. The third-order valence-corrected chi connectivity index (χ3v) is 2.57. The summed E-state index contributed by atoms with van der Waals surface area (Å²) in [6, 6.07) is 0. The van der Waals surface area contributed by atoms with E-state index < -0.39 is 0 Å². The molecule has 78 valence electrons. The van der Waals surface area contributed by atoms with Gasteiger partial charge >= 0.3 is 0 Å². The van der Waals surface area contributed by atoms with Crippen LogP contribution in [0.1, 0.15) is 51.9 Å². The van der Waals surface area contributed by atoms with E-state index in [0.717, 1.165) is 6.42 Å². The predicted molar refractivity (Wildman–Crippen MR) is 63.3 cm³/mol. The maximum Gasteiger partial charge on any atom is 0.0920 e. The van der Waals surface area contributed by atoms with Gasteiger partial charge in [-0.3, -0.25) is 0 Å². The number of hydrogen-bond acceptors (Lipinski definition) is 1. The number of aliphatic hydroxyl groups excluding tert-OH is 1. The molecule has 0 aromatic heterocycles. The zero-order chi connectivity index (χ0) is 9.94. The van der Waals surface area contributed by atoms with Crippen LogP contribution in [-0.2, 0) is 0 Å². The second-order valence-corrected chi connectivity index (χ2v) is 3.86. The molecule has 0 bridgehead atoms. The molecule has 0 spiro atoms. The van der Waals surface area contributed by atoms with E-state index in [0.29, 0.717) is 11.9 Å². The molecule has 0 saturated carbocycles. The van der Waals surface area contributed by atoms with Crippen molar-refractivity contribution >= 4 is 9.24 Å². The minimum Gasteiger partial charge on any atom is -0.512 e. The third kappa shape index (κ3) is 9.89. The molecule has 0 aromatic rings. The first kappa shape index (κ1) is 13.0. The van der Waals surface area contributed by atoms with Crippen molar-refractivity contribution in [2.24, 2.45) is 0 Å². The Morgan fingerprint density at radius 3 is 2.38 bits per heavy atom. The van der Waals surface area contributed by atoms with Crippen LogP contribution >= 0.6 is 9.24 Å². The fourth-order valence-electron chi connectivity index (χ4n) is 1.28. The summed E-state index contributed by atoms with van der Waals surface area (Å²) in [4.78, 5) is 0. The molecule has 0 heterocycles. The molecule has 0 radical (unpaired) electrons. The summed E-state index contributed by atoms with van der Waals surface area (Å²) < 4.78 is 0. The number of hydrogen-bond donors (Lipinski definition) is 1. The molecule has 0 rings (SSSR count). The summed E-state index contributed by atoms with van der Waals surface area (Å²) in [6.07, 6.45) is 11.6. The van der Waals surface area contributed by atoms with Crippen LogP contribution in [0.4, 0.5) is 0 Å². The van der Waals surface area contributed by atoms with Crippen LogP contribution in [0.2, 0.25) is 0 Å². The largest absolute Gasteiger partial charge is 0.512 e. The number of unbranched alkanes of at least 4 members (excludes halogenated alkanes) is 6. The lowest BCUT2D eigenvalue weighted by molar-refractivity contribution is 0.413. The van der Waals surface area contributed by atoms with E-state index in [-0.39, 0.29) is 0 Å². The van der Waals surface area contributed by atoms with E-state index in [4.69, 9.17) is 5.11 Å². The third-order valence-electron chi connectivity index (χ3n) is 2.15. The van der Waals surface area contributed by atoms with Crippen LogP contribution < -0.4 is 0 Å². The zero-order valence-electron chi connectivity index (χ0n) is 8.76. The highest BCUT2D eigenvalue weighted by molar-refractivity contribution is 7.16. The first-order valence-electron chi connectivity index (χ1n) is 5.39. The molecule has 1 atom stereocenters. The second-order valence-electron chi connectivity index (χ2n) is 3.46. The lowest BCUT2D eigenvalue weighted by Crippen LogP contribution is -1.82. The average Bonchev–Trinajstić information content (AvgIpc) is 2.16. The van der Waals surface area contributed by atoms with E-state index >= 15 is 0 Å². The summed E-state index contributed by atoms with van der Waals surface area (Å²) in [5.74, 6) is 0.513. The summed E-state index contributed by atoms with van der Waals surface area (Å²) in [5.41, 5.74) is 0. The molecule has 0 aromatic carbocycles. The molecule has 0 amide bonds. The van der Waals surface area contributed by atoms with Crippen LogP contribution in [0.15, 0.2) is 11.8 Å². The summed E-state index contributed by atoms with van der Waals surface area (Å²) in [6.45, 7) is 2.24. The Labute approximate surface area is 84.8 Å². The Morgan fingerprint density at radius 2 is 1.77 bits per heavy atom. The average molecular weight is 202 g/mol. The fourth-order valence-corrected chi connectivity index (χ4v) is 1.44. The van der Waals surface area contributed by atoms with Crippen LogP contribution in [0, 0.1) is 0 Å². The number of allylic oxidation sites excluding steroid dienone is 2. The van der Waals surface area contributed by atoms with E-state index in [1.165, 1.54) is 38.5 Å². The van der Waals surface area contributed by atoms with E-state index in [1.807, 2.05) is 6.08 Å². The highest BCUT2D eigenvalue weighted by Gasteiger charge is 1.90. The monoisotopic (exact) mass is 202 g/mol. The van der Waals surface area contributed by atoms with Gasteiger partial charge < -0.3 is 5.11 Å². The minimum atomic E-state index is 0.513. The SMILES string of the molecule is CCCCCCCC/C=C(/O)CP. The van der Waals surface area contributed by atoms with Crippen molar-refractivity contribution in [1.82, 2.24) is 0 Å². The van der Waals surface area contributed by atoms with Crippen molar-refractivity contribution in [2.75, 3.05) is 6.16 Å². The van der Waals surface area contributed by atoms with Gasteiger partial charge in [-0.2, -0.15) is 0 Å². The van der Waals surface area contributed by atoms with E-state index in [9.17, 15) is 0 Å².